The average Bonchev–Trinajstić information content (AvgIpc) is 3.38. The van der Waals surface area contributed by atoms with Gasteiger partial charge in [0.15, 0.2) is 0 Å². The molecule has 2 N–H and O–H groups in total. The first-order valence-electron chi connectivity index (χ1n) is 9.94. The number of nitrogens with one attached hydrogen (secondary N) is 2. The molecule has 0 saturated carbocycles. The number of para-hydroxylation sites is 2. The van der Waals surface area contributed by atoms with Gasteiger partial charge in [-0.1, -0.05) is 36.4 Å². The molecule has 5 rings (SSSR count). The number of aromatic nitrogens is 2. The molecule has 5 nitrogen and oxygen atoms in total. The van der Waals surface area contributed by atoms with E-state index in [1.807, 2.05) is 35.2 Å². The van der Waals surface area contributed by atoms with E-state index in [1.54, 1.807) is 12.3 Å². The van der Waals surface area contributed by atoms with Crippen molar-refractivity contribution in [3.8, 4) is 0 Å². The van der Waals surface area contributed by atoms with Gasteiger partial charge in [-0.3, -0.25) is 4.79 Å². The van der Waals surface area contributed by atoms with Crippen LogP contribution in [-0.4, -0.2) is 29.0 Å². The summed E-state index contributed by atoms with van der Waals surface area (Å²) < 4.78 is 0. The number of H-pyrrole nitrogens is 1. The molecular formula is C24H22N4O. The summed E-state index contributed by atoms with van der Waals surface area (Å²) in [7, 11) is 0. The predicted octanol–water partition coefficient (Wildman–Crippen LogP) is 4.42. The minimum atomic E-state index is -0.0414. The molecule has 1 aliphatic rings. The third kappa shape index (κ3) is 3.36. The number of amides is 1. The monoisotopic (exact) mass is 382 g/mol. The number of benzene rings is 2. The van der Waals surface area contributed by atoms with Crippen molar-refractivity contribution in [1.29, 1.82) is 0 Å². The fourth-order valence-corrected chi connectivity index (χ4v) is 3.99. The minimum Gasteiger partial charge on any atom is -0.383 e. The summed E-state index contributed by atoms with van der Waals surface area (Å²) in [6.07, 6.45) is 5.62. The summed E-state index contributed by atoms with van der Waals surface area (Å²) >= 11 is 0. The van der Waals surface area contributed by atoms with Gasteiger partial charge in [-0.05, 0) is 48.2 Å². The maximum absolute atomic E-state index is 12.9. The van der Waals surface area contributed by atoms with Crippen molar-refractivity contribution in [3.05, 3.63) is 89.9 Å². The Morgan fingerprint density at radius 3 is 2.83 bits per heavy atom. The number of hydrogen-bond acceptors (Lipinski definition) is 3. The van der Waals surface area contributed by atoms with Crippen molar-refractivity contribution >= 4 is 28.2 Å². The van der Waals surface area contributed by atoms with Gasteiger partial charge in [-0.15, -0.1) is 0 Å². The summed E-state index contributed by atoms with van der Waals surface area (Å²) in [5, 5.41) is 4.66. The van der Waals surface area contributed by atoms with E-state index in [4.69, 9.17) is 0 Å². The van der Waals surface area contributed by atoms with E-state index in [2.05, 4.69) is 45.7 Å². The topological polar surface area (TPSA) is 61.0 Å². The van der Waals surface area contributed by atoms with E-state index in [1.165, 1.54) is 16.5 Å². The number of hydrogen-bond donors (Lipinski definition) is 2. The highest BCUT2D eigenvalue weighted by atomic mass is 16.2. The molecule has 2 aromatic heterocycles. The zero-order valence-corrected chi connectivity index (χ0v) is 16.1. The summed E-state index contributed by atoms with van der Waals surface area (Å²) in [6.45, 7) is 1.51. The van der Waals surface area contributed by atoms with E-state index in [9.17, 15) is 4.79 Å². The standard InChI is InChI=1S/C24H22N4O/c29-24(28-14-12-17-5-1-4-8-23(17)28)22-10-9-19(16-27-22)25-13-11-18-15-26-21-7-3-2-6-20(18)21/h1-10,15-16,25-26H,11-14H2. The van der Waals surface area contributed by atoms with Gasteiger partial charge in [-0.2, -0.15) is 0 Å². The van der Waals surface area contributed by atoms with Crippen LogP contribution in [0.4, 0.5) is 11.4 Å². The molecule has 1 aliphatic heterocycles. The largest absolute Gasteiger partial charge is 0.383 e. The van der Waals surface area contributed by atoms with E-state index in [0.29, 0.717) is 12.2 Å². The zero-order chi connectivity index (χ0) is 19.6. The second-order valence-corrected chi connectivity index (χ2v) is 7.30. The first-order chi connectivity index (χ1) is 14.3. The van der Waals surface area contributed by atoms with Crippen molar-refractivity contribution in [1.82, 2.24) is 9.97 Å². The van der Waals surface area contributed by atoms with Crippen LogP contribution in [0.1, 0.15) is 21.6 Å². The number of pyridine rings is 1. The van der Waals surface area contributed by atoms with Crippen LogP contribution in [0.25, 0.3) is 10.9 Å². The maximum Gasteiger partial charge on any atom is 0.276 e. The summed E-state index contributed by atoms with van der Waals surface area (Å²) in [6, 6.07) is 20.1. The molecule has 0 saturated heterocycles. The first kappa shape index (κ1) is 17.5. The fourth-order valence-electron chi connectivity index (χ4n) is 3.99. The Morgan fingerprint density at radius 1 is 1.07 bits per heavy atom. The van der Waals surface area contributed by atoms with Crippen molar-refractivity contribution < 1.29 is 4.79 Å². The Labute approximate surface area is 169 Å². The average molecular weight is 382 g/mol. The Bertz CT molecular complexity index is 1160. The van der Waals surface area contributed by atoms with Crippen LogP contribution in [0.5, 0.6) is 0 Å². The molecule has 29 heavy (non-hydrogen) atoms. The van der Waals surface area contributed by atoms with Crippen LogP contribution in [-0.2, 0) is 12.8 Å². The molecule has 2 aromatic carbocycles. The predicted molar refractivity (Wildman–Crippen MR) is 117 cm³/mol. The summed E-state index contributed by atoms with van der Waals surface area (Å²) in [4.78, 5) is 22.4. The number of carbonyl (C=O) groups is 1. The fraction of sp³-hybridized carbons (Fsp3) is 0.167. The molecule has 0 radical (unpaired) electrons. The second-order valence-electron chi connectivity index (χ2n) is 7.30. The van der Waals surface area contributed by atoms with Crippen LogP contribution in [0.2, 0.25) is 0 Å². The highest BCUT2D eigenvalue weighted by Crippen LogP contribution is 2.28. The highest BCUT2D eigenvalue weighted by molar-refractivity contribution is 6.06. The molecule has 0 fully saturated rings. The lowest BCUT2D eigenvalue weighted by atomic mass is 10.1. The van der Waals surface area contributed by atoms with Gasteiger partial charge in [0.05, 0.1) is 11.9 Å². The lowest BCUT2D eigenvalue weighted by molar-refractivity contribution is 0.0984. The number of carbonyl (C=O) groups excluding carboxylic acids is 1. The minimum absolute atomic E-state index is 0.0414. The zero-order valence-electron chi connectivity index (χ0n) is 16.1. The molecule has 0 bridgehead atoms. The van der Waals surface area contributed by atoms with Crippen LogP contribution < -0.4 is 10.2 Å². The van der Waals surface area contributed by atoms with E-state index in [-0.39, 0.29) is 5.91 Å². The molecule has 144 valence electrons. The van der Waals surface area contributed by atoms with Crippen LogP contribution >= 0.6 is 0 Å². The molecule has 0 aliphatic carbocycles. The van der Waals surface area contributed by atoms with Crippen molar-refractivity contribution in [3.63, 3.8) is 0 Å². The van der Waals surface area contributed by atoms with Crippen LogP contribution in [0, 0.1) is 0 Å². The van der Waals surface area contributed by atoms with Crippen molar-refractivity contribution in [2.24, 2.45) is 0 Å². The van der Waals surface area contributed by atoms with Crippen LogP contribution in [0.3, 0.4) is 0 Å². The van der Waals surface area contributed by atoms with Crippen molar-refractivity contribution in [2.75, 3.05) is 23.3 Å². The highest BCUT2D eigenvalue weighted by Gasteiger charge is 2.25. The van der Waals surface area contributed by atoms with Crippen molar-refractivity contribution in [2.45, 2.75) is 12.8 Å². The Morgan fingerprint density at radius 2 is 1.93 bits per heavy atom. The Hall–Kier alpha value is -3.60. The number of anilines is 2. The number of rotatable bonds is 5. The normalized spacial score (nSPS) is 12.9. The van der Waals surface area contributed by atoms with Gasteiger partial charge in [-0.25, -0.2) is 4.98 Å². The molecular weight excluding hydrogens is 360 g/mol. The lowest BCUT2D eigenvalue weighted by Crippen LogP contribution is -2.29. The van der Waals surface area contributed by atoms with Gasteiger partial charge < -0.3 is 15.2 Å². The van der Waals surface area contributed by atoms with E-state index >= 15 is 0 Å². The Kier molecular flexibility index (Phi) is 4.48. The Balaban J connectivity index is 1.22. The summed E-state index contributed by atoms with van der Waals surface area (Å²) in [5.74, 6) is -0.0414. The number of nitrogens with zero attached hydrogens (tertiary/aromatic N) is 2. The number of fused-ring (bicyclic) bond motifs is 2. The quantitative estimate of drug-likeness (QED) is 0.537. The second kappa shape index (κ2) is 7.43. The summed E-state index contributed by atoms with van der Waals surface area (Å²) in [5.41, 5.74) is 6.07. The van der Waals surface area contributed by atoms with Crippen LogP contribution in [0.15, 0.2) is 73.1 Å². The third-order valence-corrected chi connectivity index (χ3v) is 5.51. The SMILES string of the molecule is O=C(c1ccc(NCCc2c[nH]c3ccccc23)cn1)N1CCc2ccccc21. The van der Waals surface area contributed by atoms with Gasteiger partial charge in [0.25, 0.3) is 5.91 Å². The smallest absolute Gasteiger partial charge is 0.276 e. The molecule has 5 heteroatoms. The third-order valence-electron chi connectivity index (χ3n) is 5.51. The lowest BCUT2D eigenvalue weighted by Gasteiger charge is -2.17. The van der Waals surface area contributed by atoms with E-state index in [0.717, 1.165) is 36.3 Å². The molecule has 3 heterocycles. The first-order valence-corrected chi connectivity index (χ1v) is 9.94. The van der Waals surface area contributed by atoms with Gasteiger partial charge in [0, 0.05) is 35.9 Å². The van der Waals surface area contributed by atoms with Gasteiger partial charge in [0.2, 0.25) is 0 Å². The molecule has 4 aromatic rings. The van der Waals surface area contributed by atoms with Gasteiger partial charge >= 0.3 is 0 Å². The molecule has 1 amide bonds. The number of aromatic amines is 1. The maximum atomic E-state index is 12.9. The molecule has 0 unspecified atom stereocenters. The molecule has 0 atom stereocenters. The van der Waals surface area contributed by atoms with E-state index < -0.39 is 0 Å². The molecule has 0 spiro atoms. The van der Waals surface area contributed by atoms with Gasteiger partial charge in [0.1, 0.15) is 5.69 Å².